The molecule has 0 aromatic heterocycles. The van der Waals surface area contributed by atoms with Crippen LogP contribution in [-0.4, -0.2) is 56.6 Å². The molecule has 0 bridgehead atoms. The molecule has 2 atom stereocenters. The van der Waals surface area contributed by atoms with Gasteiger partial charge in [-0.3, -0.25) is 4.79 Å². The Bertz CT molecular complexity index is 487. The second kappa shape index (κ2) is 7.40. The molecule has 0 saturated carbocycles. The number of hydrogen-bond donors (Lipinski definition) is 1. The number of rotatable bonds is 8. The van der Waals surface area contributed by atoms with Gasteiger partial charge in [0.2, 0.25) is 5.78 Å². The van der Waals surface area contributed by atoms with E-state index in [-0.39, 0.29) is 31.7 Å². The molecule has 2 unspecified atom stereocenters. The molecule has 0 saturated heterocycles. The zero-order valence-electron chi connectivity index (χ0n) is 12.2. The molecule has 0 aliphatic carbocycles. The molecule has 0 amide bonds. The van der Waals surface area contributed by atoms with Crippen molar-refractivity contribution in [1.82, 2.24) is 0 Å². The topological polar surface area (TPSA) is 74.2 Å². The predicted octanol–water partition coefficient (Wildman–Crippen LogP) is 1.05. The molecule has 0 radical (unpaired) electrons. The molecular formula is C15H20O6. The normalized spacial score (nSPS) is 16.2. The summed E-state index contributed by atoms with van der Waals surface area (Å²) in [6, 6.07) is 5.01. The lowest BCUT2D eigenvalue weighted by Gasteiger charge is -2.16. The van der Waals surface area contributed by atoms with Gasteiger partial charge in [-0.1, -0.05) is 0 Å². The fourth-order valence-electron chi connectivity index (χ4n) is 1.96. The number of carbonyl (C=O) groups is 1. The van der Waals surface area contributed by atoms with Gasteiger partial charge in [0.25, 0.3) is 0 Å². The Kier molecular flexibility index (Phi) is 5.55. The highest BCUT2D eigenvalue weighted by Gasteiger charge is 2.21. The molecule has 116 valence electrons. The summed E-state index contributed by atoms with van der Waals surface area (Å²) < 4.78 is 21.0. The molecule has 1 aromatic carbocycles. The fraction of sp³-hybridized carbons (Fsp3) is 0.533. The van der Waals surface area contributed by atoms with Crippen LogP contribution in [-0.2, 0) is 9.47 Å². The van der Waals surface area contributed by atoms with Crippen LogP contribution in [0.15, 0.2) is 18.2 Å². The summed E-state index contributed by atoms with van der Waals surface area (Å²) in [5, 5.41) is 9.79. The second-order valence-electron chi connectivity index (χ2n) is 4.93. The lowest BCUT2D eigenvalue weighted by Crippen LogP contribution is -2.27. The SMILES string of the molecule is COCC(C)OCC(O)COc1ccc2c(c1)OCC2=O. The maximum absolute atomic E-state index is 11.4. The molecule has 1 aliphatic rings. The summed E-state index contributed by atoms with van der Waals surface area (Å²) in [6.45, 7) is 2.69. The van der Waals surface area contributed by atoms with E-state index in [1.165, 1.54) is 0 Å². The zero-order chi connectivity index (χ0) is 15.2. The maximum Gasteiger partial charge on any atom is 0.203 e. The number of carbonyl (C=O) groups excluding carboxylic acids is 1. The number of ether oxygens (including phenoxy) is 4. The van der Waals surface area contributed by atoms with E-state index in [0.29, 0.717) is 23.7 Å². The first-order valence-electron chi connectivity index (χ1n) is 6.81. The number of benzene rings is 1. The van der Waals surface area contributed by atoms with Crippen LogP contribution in [0.4, 0.5) is 0 Å². The first-order valence-corrected chi connectivity index (χ1v) is 6.81. The number of hydrogen-bond acceptors (Lipinski definition) is 6. The van der Waals surface area contributed by atoms with Gasteiger partial charge in [0.1, 0.15) is 24.2 Å². The minimum absolute atomic E-state index is 0.0304. The fourth-order valence-corrected chi connectivity index (χ4v) is 1.96. The molecular weight excluding hydrogens is 276 g/mol. The number of Topliss-reactive ketones (excluding diaryl/α,β-unsaturated/α-hetero) is 1. The summed E-state index contributed by atoms with van der Waals surface area (Å²) in [4.78, 5) is 11.4. The van der Waals surface area contributed by atoms with Gasteiger partial charge in [0.15, 0.2) is 6.61 Å². The lowest BCUT2D eigenvalue weighted by molar-refractivity contribution is -0.0423. The van der Waals surface area contributed by atoms with Crippen molar-refractivity contribution >= 4 is 5.78 Å². The van der Waals surface area contributed by atoms with Crippen LogP contribution in [0.3, 0.4) is 0 Å². The highest BCUT2D eigenvalue weighted by Crippen LogP contribution is 2.29. The van der Waals surface area contributed by atoms with Gasteiger partial charge in [0.05, 0.1) is 24.9 Å². The van der Waals surface area contributed by atoms with Crippen molar-refractivity contribution < 1.29 is 28.8 Å². The first-order chi connectivity index (χ1) is 10.1. The van der Waals surface area contributed by atoms with Crippen molar-refractivity contribution in [1.29, 1.82) is 0 Å². The second-order valence-corrected chi connectivity index (χ2v) is 4.93. The number of fused-ring (bicyclic) bond motifs is 1. The third kappa shape index (κ3) is 4.42. The Morgan fingerprint density at radius 3 is 2.90 bits per heavy atom. The summed E-state index contributed by atoms with van der Waals surface area (Å²) in [5.74, 6) is 1.04. The quantitative estimate of drug-likeness (QED) is 0.773. The minimum Gasteiger partial charge on any atom is -0.491 e. The van der Waals surface area contributed by atoms with E-state index in [0.717, 1.165) is 0 Å². The molecule has 0 fully saturated rings. The van der Waals surface area contributed by atoms with Crippen molar-refractivity contribution in [2.45, 2.75) is 19.1 Å². The lowest BCUT2D eigenvalue weighted by atomic mass is 10.1. The van der Waals surface area contributed by atoms with Crippen LogP contribution in [0.1, 0.15) is 17.3 Å². The van der Waals surface area contributed by atoms with Crippen LogP contribution >= 0.6 is 0 Å². The van der Waals surface area contributed by atoms with E-state index in [4.69, 9.17) is 18.9 Å². The van der Waals surface area contributed by atoms with Crippen LogP contribution in [0.25, 0.3) is 0 Å². The van der Waals surface area contributed by atoms with E-state index < -0.39 is 6.10 Å². The highest BCUT2D eigenvalue weighted by atomic mass is 16.5. The van der Waals surface area contributed by atoms with Gasteiger partial charge in [0, 0.05) is 13.2 Å². The average molecular weight is 296 g/mol. The van der Waals surface area contributed by atoms with Crippen LogP contribution < -0.4 is 9.47 Å². The molecule has 2 rings (SSSR count). The predicted molar refractivity (Wildman–Crippen MR) is 75.1 cm³/mol. The van der Waals surface area contributed by atoms with Gasteiger partial charge in [-0.25, -0.2) is 0 Å². The van der Waals surface area contributed by atoms with Crippen molar-refractivity contribution in [3.05, 3.63) is 23.8 Å². The Morgan fingerprint density at radius 2 is 2.14 bits per heavy atom. The number of aliphatic hydroxyl groups is 1. The molecule has 0 spiro atoms. The molecule has 6 nitrogen and oxygen atoms in total. The third-order valence-electron chi connectivity index (χ3n) is 3.03. The van der Waals surface area contributed by atoms with Crippen LogP contribution in [0.5, 0.6) is 11.5 Å². The van der Waals surface area contributed by atoms with E-state index in [9.17, 15) is 9.90 Å². The van der Waals surface area contributed by atoms with Gasteiger partial charge >= 0.3 is 0 Å². The number of methoxy groups -OCH3 is 1. The smallest absolute Gasteiger partial charge is 0.203 e. The summed E-state index contributed by atoms with van der Waals surface area (Å²) in [7, 11) is 1.60. The van der Waals surface area contributed by atoms with E-state index in [1.54, 1.807) is 25.3 Å². The molecule has 1 heterocycles. The molecule has 21 heavy (non-hydrogen) atoms. The third-order valence-corrected chi connectivity index (χ3v) is 3.03. The Morgan fingerprint density at radius 1 is 1.33 bits per heavy atom. The van der Waals surface area contributed by atoms with Crippen molar-refractivity contribution in [3.8, 4) is 11.5 Å². The zero-order valence-corrected chi connectivity index (χ0v) is 12.2. The van der Waals surface area contributed by atoms with Gasteiger partial charge in [-0.2, -0.15) is 0 Å². The van der Waals surface area contributed by atoms with Gasteiger partial charge < -0.3 is 24.1 Å². The van der Waals surface area contributed by atoms with Crippen molar-refractivity contribution in [2.75, 3.05) is 33.5 Å². The highest BCUT2D eigenvalue weighted by molar-refractivity contribution is 6.02. The Hall–Kier alpha value is -1.63. The Labute approximate surface area is 123 Å². The molecule has 1 N–H and O–H groups in total. The van der Waals surface area contributed by atoms with Gasteiger partial charge in [-0.15, -0.1) is 0 Å². The Balaban J connectivity index is 1.77. The van der Waals surface area contributed by atoms with Crippen LogP contribution in [0.2, 0.25) is 0 Å². The van der Waals surface area contributed by atoms with Gasteiger partial charge in [-0.05, 0) is 19.1 Å². The van der Waals surface area contributed by atoms with E-state index >= 15 is 0 Å². The molecule has 1 aliphatic heterocycles. The standard InChI is InChI=1S/C15H20O6/c1-10(6-18-2)19-7-11(16)8-20-12-3-4-13-14(17)9-21-15(13)5-12/h3-5,10-11,16H,6-9H2,1-2H3. The maximum atomic E-state index is 11.4. The minimum atomic E-state index is -0.736. The number of aliphatic hydroxyl groups excluding tert-OH is 1. The van der Waals surface area contributed by atoms with Crippen molar-refractivity contribution in [2.24, 2.45) is 0 Å². The van der Waals surface area contributed by atoms with Crippen molar-refractivity contribution in [3.63, 3.8) is 0 Å². The van der Waals surface area contributed by atoms with E-state index in [1.807, 2.05) is 6.92 Å². The number of ketones is 1. The van der Waals surface area contributed by atoms with Crippen LogP contribution in [0, 0.1) is 0 Å². The largest absolute Gasteiger partial charge is 0.491 e. The average Bonchev–Trinajstić information content (AvgIpc) is 2.84. The monoisotopic (exact) mass is 296 g/mol. The first kappa shape index (κ1) is 15.8. The summed E-state index contributed by atoms with van der Waals surface area (Å²) in [5.41, 5.74) is 0.569. The molecule has 6 heteroatoms. The van der Waals surface area contributed by atoms with E-state index in [2.05, 4.69) is 0 Å². The summed E-state index contributed by atoms with van der Waals surface area (Å²) in [6.07, 6.45) is -0.816. The summed E-state index contributed by atoms with van der Waals surface area (Å²) >= 11 is 0. The molecule has 1 aromatic rings.